The Kier molecular flexibility index (Phi) is 3.91. The van der Waals surface area contributed by atoms with Crippen molar-refractivity contribution in [1.82, 2.24) is 10.2 Å². The third-order valence-electron chi connectivity index (χ3n) is 5.17. The van der Waals surface area contributed by atoms with Gasteiger partial charge in [0.15, 0.2) is 0 Å². The van der Waals surface area contributed by atoms with E-state index in [9.17, 15) is 0 Å². The zero-order valence-corrected chi connectivity index (χ0v) is 11.3. The summed E-state index contributed by atoms with van der Waals surface area (Å²) < 4.78 is 0. The molecule has 1 saturated carbocycles. The van der Waals surface area contributed by atoms with Crippen LogP contribution in [-0.2, 0) is 0 Å². The summed E-state index contributed by atoms with van der Waals surface area (Å²) in [6.07, 6.45) is 7.05. The predicted molar refractivity (Wildman–Crippen MR) is 69.6 cm³/mol. The van der Waals surface area contributed by atoms with Crippen LogP contribution in [-0.4, -0.2) is 37.6 Å². The Morgan fingerprint density at radius 3 is 2.38 bits per heavy atom. The SMILES string of the molecule is CCC1(C)CCN(C2CCC2CNC)CC1. The lowest BCUT2D eigenvalue weighted by Crippen LogP contribution is -2.53. The highest BCUT2D eigenvalue weighted by Gasteiger charge is 2.38. The molecule has 0 radical (unpaired) electrons. The van der Waals surface area contributed by atoms with Crippen LogP contribution in [0.1, 0.15) is 46.0 Å². The van der Waals surface area contributed by atoms with Crippen LogP contribution < -0.4 is 5.32 Å². The number of nitrogens with zero attached hydrogens (tertiary/aromatic N) is 1. The fourth-order valence-corrected chi connectivity index (χ4v) is 3.28. The van der Waals surface area contributed by atoms with E-state index in [-0.39, 0.29) is 0 Å². The van der Waals surface area contributed by atoms with Crippen LogP contribution >= 0.6 is 0 Å². The smallest absolute Gasteiger partial charge is 0.0136 e. The van der Waals surface area contributed by atoms with Crippen LogP contribution in [0.5, 0.6) is 0 Å². The predicted octanol–water partition coefficient (Wildman–Crippen LogP) is 2.50. The van der Waals surface area contributed by atoms with Crippen molar-refractivity contribution >= 4 is 0 Å². The van der Waals surface area contributed by atoms with Crippen LogP contribution in [0.15, 0.2) is 0 Å². The lowest BCUT2D eigenvalue weighted by Gasteiger charge is -2.49. The Morgan fingerprint density at radius 2 is 1.94 bits per heavy atom. The Morgan fingerprint density at radius 1 is 1.25 bits per heavy atom. The molecule has 2 fully saturated rings. The lowest BCUT2D eigenvalue weighted by molar-refractivity contribution is 0.0126. The van der Waals surface area contributed by atoms with Crippen LogP contribution in [0.2, 0.25) is 0 Å². The second-order valence-corrected chi connectivity index (χ2v) is 6.16. The fourth-order valence-electron chi connectivity index (χ4n) is 3.28. The van der Waals surface area contributed by atoms with Crippen molar-refractivity contribution in [3.63, 3.8) is 0 Å². The summed E-state index contributed by atoms with van der Waals surface area (Å²) in [5.74, 6) is 0.927. The number of hydrogen-bond acceptors (Lipinski definition) is 2. The highest BCUT2D eigenvalue weighted by Crippen LogP contribution is 2.39. The van der Waals surface area contributed by atoms with Gasteiger partial charge in [-0.05, 0) is 63.7 Å². The van der Waals surface area contributed by atoms with Crippen LogP contribution in [0.25, 0.3) is 0 Å². The molecule has 1 N–H and O–H groups in total. The van der Waals surface area contributed by atoms with E-state index >= 15 is 0 Å². The molecule has 2 rings (SSSR count). The third kappa shape index (κ3) is 2.43. The molecule has 2 aliphatic rings. The van der Waals surface area contributed by atoms with E-state index in [0.29, 0.717) is 5.41 Å². The van der Waals surface area contributed by atoms with Gasteiger partial charge < -0.3 is 10.2 Å². The molecule has 0 aromatic carbocycles. The second kappa shape index (κ2) is 5.05. The van der Waals surface area contributed by atoms with Crippen molar-refractivity contribution in [3.8, 4) is 0 Å². The molecule has 1 aliphatic heterocycles. The minimum atomic E-state index is 0.638. The van der Waals surface area contributed by atoms with E-state index in [2.05, 4.69) is 31.1 Å². The summed E-state index contributed by atoms with van der Waals surface area (Å²) in [5, 5.41) is 3.34. The normalized spacial score (nSPS) is 34.7. The molecule has 1 heterocycles. The van der Waals surface area contributed by atoms with Crippen LogP contribution in [0.3, 0.4) is 0 Å². The first-order chi connectivity index (χ1) is 7.68. The number of rotatable bonds is 4. The molecule has 2 nitrogen and oxygen atoms in total. The summed E-state index contributed by atoms with van der Waals surface area (Å²) in [4.78, 5) is 2.77. The third-order valence-corrected chi connectivity index (χ3v) is 5.17. The molecular formula is C14H28N2. The molecular weight excluding hydrogens is 196 g/mol. The maximum Gasteiger partial charge on any atom is 0.0136 e. The topological polar surface area (TPSA) is 15.3 Å². The molecule has 0 aromatic rings. The van der Waals surface area contributed by atoms with Crippen molar-refractivity contribution in [1.29, 1.82) is 0 Å². The largest absolute Gasteiger partial charge is 0.319 e. The van der Waals surface area contributed by atoms with E-state index < -0.39 is 0 Å². The summed E-state index contributed by atoms with van der Waals surface area (Å²) in [6, 6.07) is 0.897. The molecule has 0 aromatic heterocycles. The zero-order valence-electron chi connectivity index (χ0n) is 11.3. The quantitative estimate of drug-likeness (QED) is 0.789. The summed E-state index contributed by atoms with van der Waals surface area (Å²) in [7, 11) is 2.08. The zero-order chi connectivity index (χ0) is 11.6. The minimum absolute atomic E-state index is 0.638. The molecule has 94 valence electrons. The second-order valence-electron chi connectivity index (χ2n) is 6.16. The summed E-state index contributed by atoms with van der Waals surface area (Å²) in [6.45, 7) is 8.72. The molecule has 16 heavy (non-hydrogen) atoms. The van der Waals surface area contributed by atoms with Gasteiger partial charge in [0.05, 0.1) is 0 Å². The molecule has 0 spiro atoms. The monoisotopic (exact) mass is 224 g/mol. The molecule has 2 unspecified atom stereocenters. The van der Waals surface area contributed by atoms with Gasteiger partial charge in [-0.2, -0.15) is 0 Å². The van der Waals surface area contributed by atoms with Crippen molar-refractivity contribution in [2.75, 3.05) is 26.7 Å². The Labute approximate surface area is 101 Å². The van der Waals surface area contributed by atoms with Crippen molar-refractivity contribution in [2.45, 2.75) is 52.0 Å². The maximum absolute atomic E-state index is 3.34. The first-order valence-corrected chi connectivity index (χ1v) is 7.07. The van der Waals surface area contributed by atoms with Crippen molar-refractivity contribution in [3.05, 3.63) is 0 Å². The van der Waals surface area contributed by atoms with Gasteiger partial charge in [-0.25, -0.2) is 0 Å². The Bertz CT molecular complexity index is 219. The molecule has 2 atom stereocenters. The number of piperidine rings is 1. The summed E-state index contributed by atoms with van der Waals surface area (Å²) >= 11 is 0. The van der Waals surface area contributed by atoms with Gasteiger partial charge in [0.2, 0.25) is 0 Å². The molecule has 1 aliphatic carbocycles. The van der Waals surface area contributed by atoms with Crippen LogP contribution in [0, 0.1) is 11.3 Å². The lowest BCUT2D eigenvalue weighted by atomic mass is 9.74. The average molecular weight is 224 g/mol. The van der Waals surface area contributed by atoms with Gasteiger partial charge in [0.25, 0.3) is 0 Å². The van der Waals surface area contributed by atoms with E-state index in [1.54, 1.807) is 0 Å². The van der Waals surface area contributed by atoms with Gasteiger partial charge in [-0.3, -0.25) is 0 Å². The minimum Gasteiger partial charge on any atom is -0.319 e. The molecule has 0 amide bonds. The van der Waals surface area contributed by atoms with Gasteiger partial charge in [0, 0.05) is 6.04 Å². The first kappa shape index (κ1) is 12.4. The standard InChI is InChI=1S/C14H28N2/c1-4-14(2)7-9-16(10-8-14)13-6-5-12(13)11-15-3/h12-13,15H,4-11H2,1-3H3. The van der Waals surface area contributed by atoms with Gasteiger partial charge in [0.1, 0.15) is 0 Å². The van der Waals surface area contributed by atoms with Gasteiger partial charge >= 0.3 is 0 Å². The van der Waals surface area contributed by atoms with E-state index in [4.69, 9.17) is 0 Å². The van der Waals surface area contributed by atoms with Crippen LogP contribution in [0.4, 0.5) is 0 Å². The molecule has 0 bridgehead atoms. The van der Waals surface area contributed by atoms with E-state index in [1.807, 2.05) is 0 Å². The first-order valence-electron chi connectivity index (χ1n) is 7.07. The number of likely N-dealkylation sites (tertiary alicyclic amines) is 1. The Balaban J connectivity index is 1.81. The average Bonchev–Trinajstić information content (AvgIpc) is 2.28. The summed E-state index contributed by atoms with van der Waals surface area (Å²) in [5.41, 5.74) is 0.638. The Hall–Kier alpha value is -0.0800. The highest BCUT2D eigenvalue weighted by molar-refractivity contribution is 4.93. The molecule has 1 saturated heterocycles. The van der Waals surface area contributed by atoms with Crippen molar-refractivity contribution < 1.29 is 0 Å². The number of hydrogen-bond donors (Lipinski definition) is 1. The highest BCUT2D eigenvalue weighted by atomic mass is 15.2. The van der Waals surface area contributed by atoms with Crippen molar-refractivity contribution in [2.24, 2.45) is 11.3 Å². The van der Waals surface area contributed by atoms with Gasteiger partial charge in [-0.15, -0.1) is 0 Å². The van der Waals surface area contributed by atoms with E-state index in [0.717, 1.165) is 12.0 Å². The molecule has 2 heteroatoms. The fraction of sp³-hybridized carbons (Fsp3) is 1.00. The van der Waals surface area contributed by atoms with E-state index in [1.165, 1.54) is 51.7 Å². The maximum atomic E-state index is 3.34. The van der Waals surface area contributed by atoms with Gasteiger partial charge in [-0.1, -0.05) is 20.3 Å². The number of nitrogens with one attached hydrogen (secondary N) is 1.